The Morgan fingerprint density at radius 3 is 2.81 bits per heavy atom. The molecule has 0 fully saturated rings. The highest BCUT2D eigenvalue weighted by Gasteiger charge is 2.18. The van der Waals surface area contributed by atoms with Gasteiger partial charge in [0.05, 0.1) is 27.4 Å². The number of anilines is 1. The van der Waals surface area contributed by atoms with E-state index in [1.165, 1.54) is 11.3 Å². The lowest BCUT2D eigenvalue weighted by Gasteiger charge is -2.12. The van der Waals surface area contributed by atoms with Gasteiger partial charge in [0.1, 0.15) is 11.0 Å². The molecule has 0 aliphatic carbocycles. The fourth-order valence-corrected chi connectivity index (χ4v) is 5.37. The molecule has 8 nitrogen and oxygen atoms in total. The van der Waals surface area contributed by atoms with Crippen molar-refractivity contribution >= 4 is 50.8 Å². The Morgan fingerprint density at radius 1 is 1.11 bits per heavy atom. The number of nitrogens with one attached hydrogen (secondary N) is 3. The quantitative estimate of drug-likeness (QED) is 0.201. The maximum Gasteiger partial charge on any atom is 0.162 e. The van der Waals surface area contributed by atoms with Gasteiger partial charge in [-0.15, -0.1) is 11.3 Å². The van der Waals surface area contributed by atoms with Crippen molar-refractivity contribution in [2.24, 2.45) is 5.92 Å². The summed E-state index contributed by atoms with van der Waals surface area (Å²) in [5, 5.41) is 10.9. The number of nitrogens with zero attached hydrogens (tertiary/aromatic N) is 5. The van der Waals surface area contributed by atoms with Gasteiger partial charge in [-0.1, -0.05) is 32.0 Å². The van der Waals surface area contributed by atoms with E-state index in [1.54, 1.807) is 18.6 Å². The van der Waals surface area contributed by atoms with E-state index >= 15 is 0 Å². The molecule has 6 aromatic rings. The first kappa shape index (κ1) is 23.3. The van der Waals surface area contributed by atoms with Crippen molar-refractivity contribution < 1.29 is 0 Å². The van der Waals surface area contributed by atoms with E-state index < -0.39 is 0 Å². The molecule has 6 aromatic heterocycles. The number of H-pyrrole nitrogens is 2. The molecular weight excluding hydrogens is 504 g/mol. The molecule has 0 aromatic carbocycles. The molecule has 6 heterocycles. The van der Waals surface area contributed by atoms with Crippen LogP contribution in [0.5, 0.6) is 0 Å². The Bertz CT molecular complexity index is 1760. The molecule has 10 heteroatoms. The van der Waals surface area contributed by atoms with Crippen molar-refractivity contribution in [3.05, 3.63) is 71.6 Å². The van der Waals surface area contributed by atoms with Crippen molar-refractivity contribution in [1.29, 1.82) is 0 Å². The van der Waals surface area contributed by atoms with Crippen LogP contribution in [0.25, 0.3) is 55.4 Å². The van der Waals surface area contributed by atoms with Crippen LogP contribution in [-0.2, 0) is 0 Å². The minimum absolute atomic E-state index is 0.521. The van der Waals surface area contributed by atoms with Gasteiger partial charge in [0.2, 0.25) is 0 Å². The zero-order valence-corrected chi connectivity index (χ0v) is 21.8. The number of aromatic nitrogens is 7. The van der Waals surface area contributed by atoms with Crippen molar-refractivity contribution in [1.82, 2.24) is 35.1 Å². The van der Waals surface area contributed by atoms with Gasteiger partial charge in [-0.2, -0.15) is 5.10 Å². The van der Waals surface area contributed by atoms with Crippen LogP contribution in [0.4, 0.5) is 5.69 Å². The zero-order chi connectivity index (χ0) is 25.5. The number of fused-ring (bicyclic) bond motifs is 2. The van der Waals surface area contributed by atoms with E-state index in [4.69, 9.17) is 21.6 Å². The number of thiophene rings is 1. The van der Waals surface area contributed by atoms with Crippen LogP contribution >= 0.6 is 22.9 Å². The number of aromatic amines is 2. The highest BCUT2D eigenvalue weighted by atomic mass is 35.5. The molecule has 0 unspecified atom stereocenters. The highest BCUT2D eigenvalue weighted by Crippen LogP contribution is 2.35. The normalized spacial score (nSPS) is 11.6. The molecule has 184 valence electrons. The van der Waals surface area contributed by atoms with Crippen LogP contribution < -0.4 is 5.32 Å². The largest absolute Gasteiger partial charge is 0.358 e. The second-order valence-electron chi connectivity index (χ2n) is 9.20. The number of halogens is 1. The van der Waals surface area contributed by atoms with E-state index in [2.05, 4.69) is 50.9 Å². The van der Waals surface area contributed by atoms with Crippen molar-refractivity contribution in [3.8, 4) is 33.2 Å². The van der Waals surface area contributed by atoms with Crippen LogP contribution in [0.3, 0.4) is 0 Å². The number of pyridine rings is 3. The van der Waals surface area contributed by atoms with Gasteiger partial charge in [0.15, 0.2) is 17.2 Å². The molecule has 0 saturated heterocycles. The third-order valence-electron chi connectivity index (χ3n) is 5.87. The van der Waals surface area contributed by atoms with E-state index in [0.717, 1.165) is 54.9 Å². The van der Waals surface area contributed by atoms with Crippen LogP contribution in [0.1, 0.15) is 20.3 Å². The Kier molecular flexibility index (Phi) is 5.94. The van der Waals surface area contributed by atoms with Crippen molar-refractivity contribution in [2.45, 2.75) is 20.3 Å². The summed E-state index contributed by atoms with van der Waals surface area (Å²) in [6, 6.07) is 11.8. The van der Waals surface area contributed by atoms with Crippen LogP contribution in [-0.4, -0.2) is 35.1 Å². The Balaban J connectivity index is 1.38. The molecule has 0 aliphatic heterocycles. The second kappa shape index (κ2) is 9.42. The minimum Gasteiger partial charge on any atom is -0.358 e. The van der Waals surface area contributed by atoms with Gasteiger partial charge < -0.3 is 10.3 Å². The number of hydrogen-bond donors (Lipinski definition) is 3. The molecular formula is C27H23ClN8S. The predicted octanol–water partition coefficient (Wildman–Crippen LogP) is 7.31. The summed E-state index contributed by atoms with van der Waals surface area (Å²) in [6.45, 7) is 8.46. The molecule has 6 rings (SSSR count). The summed E-state index contributed by atoms with van der Waals surface area (Å²) in [7, 11) is 0. The standard InChI is InChI=1S/C27H23ClN8S/c1-14(2)10-15(3)31-17-11-16(12-29-13-17)19-4-5-20-24(32-19)25(36-35-20)27-33-23-18(8-9-30-26(23)34-27)21-6-7-22(28)37-21/h4-9,11-14,31H,3,10H2,1-2H3,(H,35,36)(H,30,33,34). The first-order valence-electron chi connectivity index (χ1n) is 11.8. The number of rotatable bonds is 7. The van der Waals surface area contributed by atoms with E-state index in [0.29, 0.717) is 28.6 Å². The molecule has 0 bridgehead atoms. The number of allylic oxidation sites excluding steroid dienone is 1. The Hall–Kier alpha value is -4.08. The first-order chi connectivity index (χ1) is 17.9. The monoisotopic (exact) mass is 526 g/mol. The first-order valence-corrected chi connectivity index (χ1v) is 13.0. The summed E-state index contributed by atoms with van der Waals surface area (Å²) < 4.78 is 0.726. The second-order valence-corrected chi connectivity index (χ2v) is 10.9. The number of imidazole rings is 1. The van der Waals surface area contributed by atoms with Gasteiger partial charge in [0, 0.05) is 34.1 Å². The van der Waals surface area contributed by atoms with Crippen molar-refractivity contribution in [3.63, 3.8) is 0 Å². The lowest BCUT2D eigenvalue weighted by molar-refractivity contribution is 0.645. The maximum absolute atomic E-state index is 6.17. The minimum atomic E-state index is 0.521. The van der Waals surface area contributed by atoms with Crippen LogP contribution in [0, 0.1) is 5.92 Å². The van der Waals surface area contributed by atoms with Gasteiger partial charge in [-0.3, -0.25) is 10.1 Å². The molecule has 0 radical (unpaired) electrons. The molecule has 0 spiro atoms. The molecule has 0 aliphatic rings. The highest BCUT2D eigenvalue weighted by molar-refractivity contribution is 7.19. The lowest BCUT2D eigenvalue weighted by Crippen LogP contribution is -2.02. The number of hydrogen-bond acceptors (Lipinski definition) is 7. The Labute approximate surface area is 221 Å². The fourth-order valence-electron chi connectivity index (χ4n) is 4.30. The van der Waals surface area contributed by atoms with E-state index in [-0.39, 0.29) is 0 Å². The zero-order valence-electron chi connectivity index (χ0n) is 20.2. The van der Waals surface area contributed by atoms with E-state index in [9.17, 15) is 0 Å². The lowest BCUT2D eigenvalue weighted by atomic mass is 10.1. The smallest absolute Gasteiger partial charge is 0.162 e. The van der Waals surface area contributed by atoms with Gasteiger partial charge in [0.25, 0.3) is 0 Å². The maximum atomic E-state index is 6.17. The van der Waals surface area contributed by atoms with E-state index in [1.807, 2.05) is 36.4 Å². The van der Waals surface area contributed by atoms with Crippen LogP contribution in [0.2, 0.25) is 4.34 Å². The molecule has 0 saturated carbocycles. The third kappa shape index (κ3) is 4.59. The predicted molar refractivity (Wildman–Crippen MR) is 151 cm³/mol. The average Bonchev–Trinajstić information content (AvgIpc) is 3.60. The SMILES string of the molecule is C=C(CC(C)C)Nc1cncc(-c2ccc3[nH]nc(-c4nc5c(-c6ccc(Cl)s6)ccnc5[nH]4)c3n2)c1. The third-order valence-corrected chi connectivity index (χ3v) is 7.13. The topological polar surface area (TPSA) is 108 Å². The van der Waals surface area contributed by atoms with Gasteiger partial charge in [-0.05, 0) is 48.7 Å². The summed E-state index contributed by atoms with van der Waals surface area (Å²) in [5.74, 6) is 1.11. The Morgan fingerprint density at radius 2 is 2.00 bits per heavy atom. The summed E-state index contributed by atoms with van der Waals surface area (Å²) >= 11 is 7.68. The van der Waals surface area contributed by atoms with Crippen molar-refractivity contribution in [2.75, 3.05) is 5.32 Å². The summed E-state index contributed by atoms with van der Waals surface area (Å²) in [5.41, 5.74) is 8.04. The molecule has 37 heavy (non-hydrogen) atoms. The fraction of sp³-hybridized carbons (Fsp3) is 0.148. The average molecular weight is 527 g/mol. The van der Waals surface area contributed by atoms with Gasteiger partial charge in [-0.25, -0.2) is 15.0 Å². The molecule has 0 amide bonds. The molecule has 0 atom stereocenters. The summed E-state index contributed by atoms with van der Waals surface area (Å²) in [4.78, 5) is 23.0. The summed E-state index contributed by atoms with van der Waals surface area (Å²) in [6.07, 6.45) is 6.24. The van der Waals surface area contributed by atoms with Gasteiger partial charge >= 0.3 is 0 Å². The molecule has 3 N–H and O–H groups in total. The van der Waals surface area contributed by atoms with Crippen LogP contribution in [0.15, 0.2) is 67.3 Å².